The highest BCUT2D eigenvalue weighted by molar-refractivity contribution is 5.86. The molecule has 1 fully saturated rings. The lowest BCUT2D eigenvalue weighted by Gasteiger charge is -2.42. The molecule has 2 heterocycles. The zero-order chi connectivity index (χ0) is 26.1. The van der Waals surface area contributed by atoms with Crippen molar-refractivity contribution in [1.29, 1.82) is 0 Å². The molecule has 0 saturated heterocycles. The molecule has 6 nitrogen and oxygen atoms in total. The summed E-state index contributed by atoms with van der Waals surface area (Å²) < 4.78 is 7.38. The number of ether oxygens (including phenoxy) is 1. The third kappa shape index (κ3) is 4.38. The van der Waals surface area contributed by atoms with Gasteiger partial charge in [-0.05, 0) is 61.3 Å². The lowest BCUT2D eigenvalue weighted by molar-refractivity contribution is 0.110. The summed E-state index contributed by atoms with van der Waals surface area (Å²) >= 11 is 0. The van der Waals surface area contributed by atoms with Crippen LogP contribution in [0.4, 0.5) is 4.79 Å². The van der Waals surface area contributed by atoms with Crippen LogP contribution in [-0.2, 0) is 30.2 Å². The molecule has 0 aliphatic heterocycles. The van der Waals surface area contributed by atoms with E-state index < -0.39 is 0 Å². The first-order valence-electron chi connectivity index (χ1n) is 13.7. The van der Waals surface area contributed by atoms with Crippen molar-refractivity contribution in [2.75, 3.05) is 6.61 Å². The number of amides is 1. The van der Waals surface area contributed by atoms with Gasteiger partial charge >= 0.3 is 6.09 Å². The lowest BCUT2D eigenvalue weighted by Crippen LogP contribution is -2.51. The number of nitrogens with one attached hydrogen (secondary N) is 1. The molecular weight excluding hydrogens is 472 g/mol. The number of nitrogens with zero attached hydrogens (tertiary/aromatic N) is 3. The van der Waals surface area contributed by atoms with Crippen LogP contribution in [0.3, 0.4) is 0 Å². The number of unbranched alkanes of at least 4 members (excludes halogenated alkanes) is 1. The van der Waals surface area contributed by atoms with Gasteiger partial charge in [-0.25, -0.2) is 4.79 Å². The van der Waals surface area contributed by atoms with Gasteiger partial charge in [0.25, 0.3) is 0 Å². The van der Waals surface area contributed by atoms with E-state index in [-0.39, 0.29) is 11.6 Å². The fraction of sp³-hybridized carbons (Fsp3) is 0.344. The Bertz CT molecular complexity index is 1450. The molecular formula is C32H34N4O2. The number of rotatable bonds is 7. The molecule has 6 heteroatoms. The average Bonchev–Trinajstić information content (AvgIpc) is 3.32. The van der Waals surface area contributed by atoms with Crippen molar-refractivity contribution in [2.24, 2.45) is 7.05 Å². The molecule has 194 valence electrons. The van der Waals surface area contributed by atoms with Crippen molar-refractivity contribution in [3.63, 3.8) is 0 Å². The van der Waals surface area contributed by atoms with Gasteiger partial charge in [-0.1, -0.05) is 67.9 Å². The fourth-order valence-corrected chi connectivity index (χ4v) is 5.78. The number of carbonyl (C=O) groups excluding carboxylic acids is 1. The number of aromatic nitrogens is 3. The fourth-order valence-electron chi connectivity index (χ4n) is 5.78. The van der Waals surface area contributed by atoms with Crippen LogP contribution < -0.4 is 5.32 Å². The van der Waals surface area contributed by atoms with E-state index in [9.17, 15) is 4.79 Å². The summed E-state index contributed by atoms with van der Waals surface area (Å²) in [6, 6.07) is 21.4. The van der Waals surface area contributed by atoms with Gasteiger partial charge in [0.2, 0.25) is 0 Å². The van der Waals surface area contributed by atoms with E-state index in [1.807, 2.05) is 24.0 Å². The number of benzene rings is 2. The van der Waals surface area contributed by atoms with Crippen LogP contribution in [0.5, 0.6) is 0 Å². The molecule has 38 heavy (non-hydrogen) atoms. The topological polar surface area (TPSA) is 69.0 Å². The molecule has 0 radical (unpaired) electrons. The van der Waals surface area contributed by atoms with Crippen molar-refractivity contribution in [3.8, 4) is 33.6 Å². The smallest absolute Gasteiger partial charge is 0.407 e. The maximum Gasteiger partial charge on any atom is 0.407 e. The largest absolute Gasteiger partial charge is 0.450 e. The number of pyridine rings is 1. The molecule has 6 rings (SSSR count). The van der Waals surface area contributed by atoms with Gasteiger partial charge < -0.3 is 10.1 Å². The Kier molecular flexibility index (Phi) is 6.48. The molecule has 4 aromatic rings. The number of alkyl carbamates (subject to hydrolysis) is 1. The lowest BCUT2D eigenvalue weighted by atomic mass is 9.71. The van der Waals surface area contributed by atoms with Gasteiger partial charge in [0, 0.05) is 23.7 Å². The first-order chi connectivity index (χ1) is 18.6. The summed E-state index contributed by atoms with van der Waals surface area (Å²) in [5, 5.41) is 7.69. The van der Waals surface area contributed by atoms with Crippen molar-refractivity contribution in [2.45, 2.75) is 57.4 Å². The number of aryl methyl sites for hydroxylation is 3. The molecule has 0 bridgehead atoms. The maximum absolute atomic E-state index is 12.5. The molecule has 2 aromatic carbocycles. The monoisotopic (exact) mass is 506 g/mol. The Morgan fingerprint density at radius 2 is 1.82 bits per heavy atom. The van der Waals surface area contributed by atoms with Crippen LogP contribution >= 0.6 is 0 Å². The van der Waals surface area contributed by atoms with Gasteiger partial charge in [0.1, 0.15) is 0 Å². The summed E-state index contributed by atoms with van der Waals surface area (Å²) in [5.74, 6) is 0. The second kappa shape index (κ2) is 10.1. The third-order valence-electron chi connectivity index (χ3n) is 8.08. The van der Waals surface area contributed by atoms with E-state index in [4.69, 9.17) is 9.72 Å². The van der Waals surface area contributed by atoms with Gasteiger partial charge in [-0.3, -0.25) is 9.67 Å². The summed E-state index contributed by atoms with van der Waals surface area (Å²) in [5.41, 5.74) is 9.84. The van der Waals surface area contributed by atoms with E-state index in [0.717, 1.165) is 78.6 Å². The maximum atomic E-state index is 12.5. The SMILES string of the molecule is CCCCOC(=O)NC1(c2ccc(-c3nc4c(cc3-c3ccccc3)-c3c(cnn3C)CC4)cc2)CCC1. The second-order valence-corrected chi connectivity index (χ2v) is 10.5. The highest BCUT2D eigenvalue weighted by Gasteiger charge is 2.40. The minimum Gasteiger partial charge on any atom is -0.450 e. The standard InChI is InChI=1S/C32H34N4O2/c1-3-4-19-38-31(37)35-32(17-8-18-32)25-14-11-23(12-15-25)29-26(22-9-6-5-7-10-22)20-27-28(34-29)16-13-24-21-33-36(2)30(24)27/h5-7,9-12,14-15,20-21H,3-4,8,13,16-19H2,1-2H3,(H,35,37). The normalized spacial score (nSPS) is 15.2. The van der Waals surface area contributed by atoms with Gasteiger partial charge in [-0.2, -0.15) is 5.10 Å². The first kappa shape index (κ1) is 24.4. The highest BCUT2D eigenvalue weighted by atomic mass is 16.5. The zero-order valence-corrected chi connectivity index (χ0v) is 22.2. The van der Waals surface area contributed by atoms with E-state index in [1.54, 1.807) is 0 Å². The Morgan fingerprint density at radius 1 is 1.03 bits per heavy atom. The Labute approximate surface area is 224 Å². The Hall–Kier alpha value is -3.93. The highest BCUT2D eigenvalue weighted by Crippen LogP contribution is 2.43. The zero-order valence-electron chi connectivity index (χ0n) is 22.2. The number of hydrogen-bond acceptors (Lipinski definition) is 4. The summed E-state index contributed by atoms with van der Waals surface area (Å²) in [6.07, 6.45) is 8.35. The number of fused-ring (bicyclic) bond motifs is 3. The number of hydrogen-bond donors (Lipinski definition) is 1. The molecule has 1 saturated carbocycles. The molecule has 2 aromatic heterocycles. The molecule has 0 unspecified atom stereocenters. The van der Waals surface area contributed by atoms with Crippen LogP contribution in [0.25, 0.3) is 33.6 Å². The van der Waals surface area contributed by atoms with Crippen LogP contribution in [0.2, 0.25) is 0 Å². The van der Waals surface area contributed by atoms with Crippen molar-refractivity contribution in [3.05, 3.63) is 83.7 Å². The van der Waals surface area contributed by atoms with Gasteiger partial charge in [-0.15, -0.1) is 0 Å². The van der Waals surface area contributed by atoms with Gasteiger partial charge in [0.15, 0.2) is 0 Å². The van der Waals surface area contributed by atoms with Crippen LogP contribution in [-0.4, -0.2) is 27.5 Å². The second-order valence-electron chi connectivity index (χ2n) is 10.5. The molecule has 0 atom stereocenters. The van der Waals surface area contributed by atoms with E-state index in [1.165, 1.54) is 16.8 Å². The van der Waals surface area contributed by atoms with Crippen LogP contribution in [0, 0.1) is 0 Å². The summed E-state index contributed by atoms with van der Waals surface area (Å²) in [6.45, 7) is 2.55. The van der Waals surface area contributed by atoms with Crippen molar-refractivity contribution < 1.29 is 9.53 Å². The molecule has 2 aliphatic rings. The summed E-state index contributed by atoms with van der Waals surface area (Å²) in [4.78, 5) is 17.7. The van der Waals surface area contributed by atoms with E-state index in [2.05, 4.69) is 71.9 Å². The molecule has 2 aliphatic carbocycles. The van der Waals surface area contributed by atoms with E-state index in [0.29, 0.717) is 6.61 Å². The van der Waals surface area contributed by atoms with Crippen molar-refractivity contribution in [1.82, 2.24) is 20.1 Å². The minimum absolute atomic E-state index is 0.320. The van der Waals surface area contributed by atoms with E-state index >= 15 is 0 Å². The van der Waals surface area contributed by atoms with Crippen molar-refractivity contribution >= 4 is 6.09 Å². The van der Waals surface area contributed by atoms with Crippen LogP contribution in [0.1, 0.15) is 55.8 Å². The average molecular weight is 507 g/mol. The molecule has 1 N–H and O–H groups in total. The Balaban J connectivity index is 1.36. The number of carbonyl (C=O) groups is 1. The molecule has 0 spiro atoms. The predicted molar refractivity (Wildman–Crippen MR) is 150 cm³/mol. The minimum atomic E-state index is -0.344. The first-order valence-corrected chi connectivity index (χ1v) is 13.7. The third-order valence-corrected chi connectivity index (χ3v) is 8.08. The van der Waals surface area contributed by atoms with Crippen LogP contribution in [0.15, 0.2) is 66.9 Å². The summed E-state index contributed by atoms with van der Waals surface area (Å²) in [7, 11) is 2.01. The quantitative estimate of drug-likeness (QED) is 0.279. The predicted octanol–water partition coefficient (Wildman–Crippen LogP) is 6.82. The molecule has 1 amide bonds. The Morgan fingerprint density at radius 3 is 2.53 bits per heavy atom. The van der Waals surface area contributed by atoms with Gasteiger partial charge in [0.05, 0.1) is 35.4 Å².